The van der Waals surface area contributed by atoms with Crippen molar-refractivity contribution in [2.24, 2.45) is 5.73 Å². The van der Waals surface area contributed by atoms with Gasteiger partial charge >= 0.3 is 0 Å². The fourth-order valence-corrected chi connectivity index (χ4v) is 1.70. The molecule has 0 amide bonds. The number of rotatable bonds is 5. The number of nitrogens with two attached hydrogens (primary N) is 1. The smallest absolute Gasteiger partial charge is 0.128 e. The van der Waals surface area contributed by atoms with Crippen molar-refractivity contribution in [2.45, 2.75) is 33.2 Å². The summed E-state index contributed by atoms with van der Waals surface area (Å²) in [4.78, 5) is 7.06. The molecule has 0 bridgehead atoms. The summed E-state index contributed by atoms with van der Waals surface area (Å²) >= 11 is 4.90. The third-order valence-corrected chi connectivity index (χ3v) is 2.65. The maximum absolute atomic E-state index is 5.54. The Morgan fingerprint density at radius 2 is 2.19 bits per heavy atom. The van der Waals surface area contributed by atoms with Crippen molar-refractivity contribution in [1.29, 1.82) is 0 Å². The molecule has 4 heteroatoms. The van der Waals surface area contributed by atoms with Gasteiger partial charge in [-0.2, -0.15) is 0 Å². The van der Waals surface area contributed by atoms with E-state index in [-0.39, 0.29) is 0 Å². The highest BCUT2D eigenvalue weighted by molar-refractivity contribution is 7.80. The summed E-state index contributed by atoms with van der Waals surface area (Å²) in [5.41, 5.74) is 6.35. The zero-order chi connectivity index (χ0) is 12.1. The van der Waals surface area contributed by atoms with Crippen LogP contribution in [0.4, 0.5) is 5.82 Å². The molecule has 0 saturated heterocycles. The molecule has 0 aromatic carbocycles. The summed E-state index contributed by atoms with van der Waals surface area (Å²) in [5, 5.41) is 0. The van der Waals surface area contributed by atoms with Gasteiger partial charge in [0.15, 0.2) is 0 Å². The lowest BCUT2D eigenvalue weighted by atomic mass is 10.2. The van der Waals surface area contributed by atoms with Gasteiger partial charge in [0.1, 0.15) is 10.8 Å². The number of nitrogens with zero attached hydrogens (tertiary/aromatic N) is 2. The van der Waals surface area contributed by atoms with E-state index in [0.29, 0.717) is 11.0 Å². The lowest BCUT2D eigenvalue weighted by Gasteiger charge is -2.27. The van der Waals surface area contributed by atoms with Gasteiger partial charge in [0.2, 0.25) is 0 Å². The van der Waals surface area contributed by atoms with E-state index in [1.807, 2.05) is 12.1 Å². The molecule has 2 N–H and O–H groups in total. The van der Waals surface area contributed by atoms with Gasteiger partial charge in [-0.25, -0.2) is 4.98 Å². The second-order valence-corrected chi connectivity index (χ2v) is 4.50. The molecule has 1 heterocycles. The van der Waals surface area contributed by atoms with E-state index in [4.69, 9.17) is 18.0 Å². The summed E-state index contributed by atoms with van der Waals surface area (Å²) < 4.78 is 0. The first-order valence-corrected chi connectivity index (χ1v) is 5.99. The minimum absolute atomic E-state index is 0.394. The van der Waals surface area contributed by atoms with Crippen LogP contribution in [0.5, 0.6) is 0 Å². The average molecular weight is 237 g/mol. The molecule has 0 fully saturated rings. The molecule has 0 radical (unpaired) electrons. The molecule has 0 aliphatic carbocycles. The van der Waals surface area contributed by atoms with Crippen molar-refractivity contribution in [1.82, 2.24) is 4.98 Å². The third-order valence-electron chi connectivity index (χ3n) is 2.41. The first-order valence-electron chi connectivity index (χ1n) is 5.58. The standard InChI is InChI=1S/C12H19N3S/c1-4-7-15(9(2)3)11-6-5-10(8-14-11)12(13)16/h5-6,8-9H,4,7H2,1-3H3,(H2,13,16). The predicted octanol–water partition coefficient (Wildman–Crippen LogP) is 2.34. The summed E-state index contributed by atoms with van der Waals surface area (Å²) in [6.07, 6.45) is 2.85. The maximum atomic E-state index is 5.54. The van der Waals surface area contributed by atoms with Crippen LogP contribution in [0.2, 0.25) is 0 Å². The zero-order valence-electron chi connectivity index (χ0n) is 10.1. The molecule has 0 unspecified atom stereocenters. The highest BCUT2D eigenvalue weighted by atomic mass is 32.1. The number of hydrogen-bond acceptors (Lipinski definition) is 3. The monoisotopic (exact) mass is 237 g/mol. The second-order valence-electron chi connectivity index (χ2n) is 4.06. The molecule has 0 spiro atoms. The summed E-state index contributed by atoms with van der Waals surface area (Å²) in [7, 11) is 0. The Labute approximate surface area is 103 Å². The lowest BCUT2D eigenvalue weighted by molar-refractivity contribution is 0.662. The molecule has 1 aromatic rings. The van der Waals surface area contributed by atoms with E-state index in [1.165, 1.54) is 0 Å². The van der Waals surface area contributed by atoms with Crippen LogP contribution in [0.1, 0.15) is 32.8 Å². The van der Waals surface area contributed by atoms with Crippen LogP contribution >= 0.6 is 12.2 Å². The Morgan fingerprint density at radius 1 is 1.50 bits per heavy atom. The van der Waals surface area contributed by atoms with E-state index in [2.05, 4.69) is 30.7 Å². The van der Waals surface area contributed by atoms with Crippen LogP contribution in [0.15, 0.2) is 18.3 Å². The minimum atomic E-state index is 0.394. The van der Waals surface area contributed by atoms with Gasteiger partial charge in [-0.3, -0.25) is 0 Å². The van der Waals surface area contributed by atoms with Crippen LogP contribution in [0, 0.1) is 0 Å². The zero-order valence-corrected chi connectivity index (χ0v) is 10.9. The molecule has 16 heavy (non-hydrogen) atoms. The van der Waals surface area contributed by atoms with Crippen LogP contribution < -0.4 is 10.6 Å². The highest BCUT2D eigenvalue weighted by Gasteiger charge is 2.10. The fourth-order valence-electron chi connectivity index (χ4n) is 1.58. The van der Waals surface area contributed by atoms with Crippen molar-refractivity contribution in [2.75, 3.05) is 11.4 Å². The summed E-state index contributed by atoms with van der Waals surface area (Å²) in [6, 6.07) is 4.35. The van der Waals surface area contributed by atoms with Crippen LogP contribution in [0.25, 0.3) is 0 Å². The van der Waals surface area contributed by atoms with Gasteiger partial charge in [0.25, 0.3) is 0 Å². The predicted molar refractivity (Wildman–Crippen MR) is 72.9 cm³/mol. The molecule has 0 atom stereocenters. The SMILES string of the molecule is CCCN(c1ccc(C(N)=S)cn1)C(C)C. The molecule has 88 valence electrons. The van der Waals surface area contributed by atoms with E-state index >= 15 is 0 Å². The number of thiocarbonyl (C=S) groups is 1. The Morgan fingerprint density at radius 3 is 2.56 bits per heavy atom. The van der Waals surface area contributed by atoms with Crippen molar-refractivity contribution >= 4 is 23.0 Å². The fraction of sp³-hybridized carbons (Fsp3) is 0.500. The average Bonchev–Trinajstić information content (AvgIpc) is 2.25. The number of anilines is 1. The molecular weight excluding hydrogens is 218 g/mol. The first kappa shape index (κ1) is 12.9. The topological polar surface area (TPSA) is 42.1 Å². The number of aromatic nitrogens is 1. The molecule has 1 aromatic heterocycles. The second kappa shape index (κ2) is 5.80. The quantitative estimate of drug-likeness (QED) is 0.798. The lowest BCUT2D eigenvalue weighted by Crippen LogP contribution is -2.32. The van der Waals surface area contributed by atoms with E-state index in [1.54, 1.807) is 6.20 Å². The summed E-state index contributed by atoms with van der Waals surface area (Å²) in [5.74, 6) is 0.983. The van der Waals surface area contributed by atoms with Gasteiger partial charge in [-0.1, -0.05) is 19.1 Å². The largest absolute Gasteiger partial charge is 0.389 e. The Hall–Kier alpha value is -1.16. The molecule has 0 saturated carbocycles. The van der Waals surface area contributed by atoms with E-state index in [0.717, 1.165) is 24.3 Å². The number of pyridine rings is 1. The van der Waals surface area contributed by atoms with Gasteiger partial charge in [-0.15, -0.1) is 0 Å². The van der Waals surface area contributed by atoms with Crippen LogP contribution in [0.3, 0.4) is 0 Å². The first-order chi connectivity index (χ1) is 7.56. The third kappa shape index (κ3) is 3.17. The molecule has 3 nitrogen and oxygen atoms in total. The van der Waals surface area contributed by atoms with Crippen molar-refractivity contribution in [3.05, 3.63) is 23.9 Å². The maximum Gasteiger partial charge on any atom is 0.128 e. The molecular formula is C12H19N3S. The van der Waals surface area contributed by atoms with Gasteiger partial charge < -0.3 is 10.6 Å². The highest BCUT2D eigenvalue weighted by Crippen LogP contribution is 2.14. The van der Waals surface area contributed by atoms with Gasteiger partial charge in [0.05, 0.1) is 0 Å². The summed E-state index contributed by atoms with van der Waals surface area (Å²) in [6.45, 7) is 7.51. The molecule has 0 aliphatic heterocycles. The van der Waals surface area contributed by atoms with Crippen molar-refractivity contribution in [3.63, 3.8) is 0 Å². The van der Waals surface area contributed by atoms with Gasteiger partial charge in [0, 0.05) is 24.3 Å². The van der Waals surface area contributed by atoms with Crippen LogP contribution in [-0.4, -0.2) is 22.6 Å². The molecule has 0 aliphatic rings. The minimum Gasteiger partial charge on any atom is -0.389 e. The van der Waals surface area contributed by atoms with Crippen molar-refractivity contribution < 1.29 is 0 Å². The normalized spacial score (nSPS) is 10.5. The van der Waals surface area contributed by atoms with Crippen molar-refractivity contribution in [3.8, 4) is 0 Å². The van der Waals surface area contributed by atoms with Crippen LogP contribution in [-0.2, 0) is 0 Å². The van der Waals surface area contributed by atoms with E-state index in [9.17, 15) is 0 Å². The number of hydrogen-bond donors (Lipinski definition) is 1. The Bertz CT molecular complexity index is 346. The molecule has 1 rings (SSSR count). The van der Waals surface area contributed by atoms with Gasteiger partial charge in [-0.05, 0) is 32.4 Å². The Balaban J connectivity index is 2.89. The Kier molecular flexibility index (Phi) is 4.68. The van der Waals surface area contributed by atoms with E-state index < -0.39 is 0 Å².